The van der Waals surface area contributed by atoms with Gasteiger partial charge in [-0.15, -0.1) is 11.8 Å². The lowest BCUT2D eigenvalue weighted by atomic mass is 10.0. The van der Waals surface area contributed by atoms with Crippen LogP contribution in [-0.2, 0) is 0 Å². The van der Waals surface area contributed by atoms with Crippen LogP contribution in [0, 0.1) is 5.92 Å². The van der Waals surface area contributed by atoms with E-state index in [1.165, 1.54) is 12.0 Å². The number of thioether (sulfide) groups is 1. The lowest BCUT2D eigenvalue weighted by molar-refractivity contribution is 0.785. The van der Waals surface area contributed by atoms with Crippen molar-refractivity contribution in [2.75, 3.05) is 6.54 Å². The van der Waals surface area contributed by atoms with Crippen molar-refractivity contribution in [3.05, 3.63) is 23.8 Å². The summed E-state index contributed by atoms with van der Waals surface area (Å²) in [5.74, 6) is 0.599. The maximum absolute atomic E-state index is 4.34. The van der Waals surface area contributed by atoms with Gasteiger partial charge in [-0.2, -0.15) is 0 Å². The summed E-state index contributed by atoms with van der Waals surface area (Å²) in [5.41, 5.74) is 3.39. The minimum absolute atomic E-state index is 0.582. The third-order valence-electron chi connectivity index (χ3n) is 2.31. The molecule has 0 aromatic heterocycles. The molecular formula is C12H19NS. The first-order valence-electron chi connectivity index (χ1n) is 5.26. The first-order chi connectivity index (χ1) is 6.74. The summed E-state index contributed by atoms with van der Waals surface area (Å²) in [6.07, 6.45) is 7.95. The van der Waals surface area contributed by atoms with E-state index in [2.05, 4.69) is 44.0 Å². The van der Waals surface area contributed by atoms with Gasteiger partial charge in [0.05, 0.1) is 12.1 Å². The summed E-state index contributed by atoms with van der Waals surface area (Å²) < 4.78 is 0. The first kappa shape index (κ1) is 11.6. The Morgan fingerprint density at radius 3 is 3.00 bits per heavy atom. The predicted molar refractivity (Wildman–Crippen MR) is 67.1 cm³/mol. The van der Waals surface area contributed by atoms with Crippen molar-refractivity contribution in [1.29, 1.82) is 0 Å². The number of rotatable bonds is 2. The van der Waals surface area contributed by atoms with E-state index in [0.717, 1.165) is 6.54 Å². The molecule has 2 heteroatoms. The van der Waals surface area contributed by atoms with Crippen LogP contribution < -0.4 is 0 Å². The smallest absolute Gasteiger partial charge is 0.0582 e. The average Bonchev–Trinajstić information content (AvgIpc) is 2.28. The zero-order valence-electron chi connectivity index (χ0n) is 9.23. The molecule has 0 bridgehead atoms. The minimum Gasteiger partial charge on any atom is -0.282 e. The Morgan fingerprint density at radius 1 is 1.57 bits per heavy atom. The van der Waals surface area contributed by atoms with Crippen LogP contribution in [0.3, 0.4) is 0 Å². The molecule has 0 aromatic rings. The van der Waals surface area contributed by atoms with Crippen LogP contribution in [-0.4, -0.2) is 17.3 Å². The van der Waals surface area contributed by atoms with Crippen molar-refractivity contribution < 1.29 is 0 Å². The fourth-order valence-corrected chi connectivity index (χ4v) is 2.00. The van der Waals surface area contributed by atoms with E-state index in [9.17, 15) is 0 Å². The van der Waals surface area contributed by atoms with Crippen molar-refractivity contribution in [3.63, 3.8) is 0 Å². The number of hydrogen-bond donors (Lipinski definition) is 0. The molecule has 14 heavy (non-hydrogen) atoms. The van der Waals surface area contributed by atoms with Gasteiger partial charge in [-0.25, -0.2) is 0 Å². The van der Waals surface area contributed by atoms with Gasteiger partial charge in [-0.1, -0.05) is 39.0 Å². The molecule has 1 unspecified atom stereocenters. The SMILES string of the molecule is CCC1/C=C\C(C(C)C)=C/C/N=C\S1. The molecule has 1 nitrogen and oxygen atoms in total. The lowest BCUT2D eigenvalue weighted by Gasteiger charge is -2.07. The molecule has 0 spiro atoms. The van der Waals surface area contributed by atoms with Crippen molar-refractivity contribution in [3.8, 4) is 0 Å². The topological polar surface area (TPSA) is 12.4 Å². The van der Waals surface area contributed by atoms with Gasteiger partial charge in [0.2, 0.25) is 0 Å². The monoisotopic (exact) mass is 209 g/mol. The highest BCUT2D eigenvalue weighted by Gasteiger charge is 2.04. The Balaban J connectivity index is 2.76. The van der Waals surface area contributed by atoms with Gasteiger partial charge in [0.15, 0.2) is 0 Å². The molecule has 1 atom stereocenters. The second kappa shape index (κ2) is 6.07. The van der Waals surface area contributed by atoms with Crippen LogP contribution in [0.1, 0.15) is 27.2 Å². The molecule has 1 heterocycles. The molecular weight excluding hydrogens is 190 g/mol. The maximum Gasteiger partial charge on any atom is 0.0582 e. The highest BCUT2D eigenvalue weighted by Crippen LogP contribution is 2.18. The molecule has 0 fully saturated rings. The molecule has 0 radical (unpaired) electrons. The van der Waals surface area contributed by atoms with Gasteiger partial charge in [-0.3, -0.25) is 4.99 Å². The fourth-order valence-electron chi connectivity index (χ4n) is 1.31. The fraction of sp³-hybridized carbons (Fsp3) is 0.583. The first-order valence-corrected chi connectivity index (χ1v) is 6.20. The quantitative estimate of drug-likeness (QED) is 0.676. The third-order valence-corrected chi connectivity index (χ3v) is 3.43. The van der Waals surface area contributed by atoms with Crippen LogP contribution in [0.15, 0.2) is 28.8 Å². The lowest BCUT2D eigenvalue weighted by Crippen LogP contribution is -1.96. The van der Waals surface area contributed by atoms with Gasteiger partial charge in [0.1, 0.15) is 0 Å². The molecule has 0 aliphatic carbocycles. The average molecular weight is 209 g/mol. The van der Waals surface area contributed by atoms with Gasteiger partial charge < -0.3 is 0 Å². The molecule has 1 rings (SSSR count). The van der Waals surface area contributed by atoms with E-state index in [0.29, 0.717) is 11.2 Å². The van der Waals surface area contributed by atoms with Crippen LogP contribution >= 0.6 is 11.8 Å². The maximum atomic E-state index is 4.34. The van der Waals surface area contributed by atoms with Gasteiger partial charge >= 0.3 is 0 Å². The van der Waals surface area contributed by atoms with Crippen LogP contribution in [0.5, 0.6) is 0 Å². The molecule has 1 aliphatic heterocycles. The van der Waals surface area contributed by atoms with E-state index in [4.69, 9.17) is 0 Å². The summed E-state index contributed by atoms with van der Waals surface area (Å²) >= 11 is 1.81. The van der Waals surface area contributed by atoms with E-state index < -0.39 is 0 Å². The van der Waals surface area contributed by atoms with E-state index in [1.807, 2.05) is 17.3 Å². The van der Waals surface area contributed by atoms with Crippen molar-refractivity contribution in [2.24, 2.45) is 10.9 Å². The molecule has 0 N–H and O–H groups in total. The molecule has 78 valence electrons. The zero-order valence-corrected chi connectivity index (χ0v) is 10.1. The summed E-state index contributed by atoms with van der Waals surface area (Å²) in [7, 11) is 0. The summed E-state index contributed by atoms with van der Waals surface area (Å²) in [6, 6.07) is 0. The van der Waals surface area contributed by atoms with E-state index >= 15 is 0 Å². The third kappa shape index (κ3) is 3.70. The number of nitrogens with zero attached hydrogens (tertiary/aromatic N) is 1. The summed E-state index contributed by atoms with van der Waals surface area (Å²) in [6.45, 7) is 7.49. The zero-order chi connectivity index (χ0) is 10.4. The second-order valence-electron chi connectivity index (χ2n) is 3.77. The van der Waals surface area contributed by atoms with Crippen molar-refractivity contribution in [2.45, 2.75) is 32.4 Å². The molecule has 0 amide bonds. The molecule has 1 aliphatic rings. The minimum atomic E-state index is 0.582. The number of hydrogen-bond acceptors (Lipinski definition) is 2. The van der Waals surface area contributed by atoms with Crippen molar-refractivity contribution >= 4 is 17.3 Å². The van der Waals surface area contributed by atoms with E-state index in [1.54, 1.807) is 0 Å². The standard InChI is InChI=1S/C12H19NS/c1-4-12-6-5-11(10(2)3)7-8-13-9-14-12/h5-7,9-10,12H,4,8H2,1-3H3/b6-5-,11-7+,13-9-. The Bertz CT molecular complexity index is 251. The highest BCUT2D eigenvalue weighted by atomic mass is 32.2. The highest BCUT2D eigenvalue weighted by molar-refractivity contribution is 8.12. The van der Waals surface area contributed by atoms with Crippen LogP contribution in [0.4, 0.5) is 0 Å². The Labute approximate surface area is 91.4 Å². The second-order valence-corrected chi connectivity index (χ2v) is 4.86. The van der Waals surface area contributed by atoms with Gasteiger partial charge in [-0.05, 0) is 17.9 Å². The van der Waals surface area contributed by atoms with Crippen LogP contribution in [0.25, 0.3) is 0 Å². The summed E-state index contributed by atoms with van der Waals surface area (Å²) in [5, 5.41) is 0.582. The predicted octanol–water partition coefficient (Wildman–Crippen LogP) is 3.68. The van der Waals surface area contributed by atoms with Gasteiger partial charge in [0.25, 0.3) is 0 Å². The Kier molecular flexibility index (Phi) is 5.02. The number of allylic oxidation sites excluding steroid dienone is 2. The molecule has 0 saturated heterocycles. The van der Waals surface area contributed by atoms with Crippen molar-refractivity contribution in [1.82, 2.24) is 0 Å². The summed E-state index contributed by atoms with van der Waals surface area (Å²) in [4.78, 5) is 4.34. The Hall–Kier alpha value is -0.500. The van der Waals surface area contributed by atoms with Crippen LogP contribution in [0.2, 0.25) is 0 Å². The number of aliphatic imine (C=N–C) groups is 1. The normalized spacial score (nSPS) is 31.1. The molecule has 0 aromatic carbocycles. The Morgan fingerprint density at radius 2 is 2.36 bits per heavy atom. The molecule has 0 saturated carbocycles. The largest absolute Gasteiger partial charge is 0.282 e. The van der Waals surface area contributed by atoms with Gasteiger partial charge in [0, 0.05) is 5.25 Å². The van der Waals surface area contributed by atoms with E-state index in [-0.39, 0.29) is 0 Å².